The number of hydrogen-bond acceptors (Lipinski definition) is 4. The highest BCUT2D eigenvalue weighted by molar-refractivity contribution is 7.05. The Hall–Kier alpha value is -2.14. The van der Waals surface area contributed by atoms with Gasteiger partial charge in [0.05, 0.1) is 12.2 Å². The van der Waals surface area contributed by atoms with Crippen molar-refractivity contribution in [3.8, 4) is 11.3 Å². The molecule has 0 amide bonds. The lowest BCUT2D eigenvalue weighted by Gasteiger charge is -2.11. The fourth-order valence-electron chi connectivity index (χ4n) is 2.83. The molecule has 0 bridgehead atoms. The highest BCUT2D eigenvalue weighted by Crippen LogP contribution is 2.24. The van der Waals surface area contributed by atoms with Crippen molar-refractivity contribution in [1.29, 1.82) is 0 Å². The Morgan fingerprint density at radius 2 is 2.05 bits per heavy atom. The second-order valence-electron chi connectivity index (χ2n) is 5.60. The van der Waals surface area contributed by atoms with Crippen LogP contribution in [0.15, 0.2) is 42.7 Å². The lowest BCUT2D eigenvalue weighted by molar-refractivity contribution is 0.522. The highest BCUT2D eigenvalue weighted by Gasteiger charge is 2.12. The third-order valence-electron chi connectivity index (χ3n) is 4.05. The van der Waals surface area contributed by atoms with Gasteiger partial charge in [-0.2, -0.15) is 0 Å². The normalized spacial score (nSPS) is 13.8. The summed E-state index contributed by atoms with van der Waals surface area (Å²) >= 11 is 1.53. The molecule has 1 aliphatic rings. The van der Waals surface area contributed by atoms with E-state index >= 15 is 0 Å². The summed E-state index contributed by atoms with van der Waals surface area (Å²) < 4.78 is 6.41. The molecule has 0 atom stereocenters. The number of aromatic nitrogens is 3. The lowest BCUT2D eigenvalue weighted by atomic mass is 10.1. The Morgan fingerprint density at radius 1 is 1.14 bits per heavy atom. The maximum absolute atomic E-state index is 4.77. The van der Waals surface area contributed by atoms with Crippen LogP contribution < -0.4 is 5.32 Å². The summed E-state index contributed by atoms with van der Waals surface area (Å²) in [5.74, 6) is 1.23. The summed E-state index contributed by atoms with van der Waals surface area (Å²) in [6.45, 7) is 1.93. The Labute approximate surface area is 134 Å². The fourth-order valence-corrected chi connectivity index (χ4v) is 3.35. The summed E-state index contributed by atoms with van der Waals surface area (Å²) in [5, 5.41) is 3.42. The first-order chi connectivity index (χ1) is 10.9. The van der Waals surface area contributed by atoms with Crippen LogP contribution in [0.5, 0.6) is 0 Å². The maximum atomic E-state index is 4.77. The van der Waals surface area contributed by atoms with Crippen LogP contribution in [0.3, 0.4) is 0 Å². The minimum atomic E-state index is 0.822. The van der Waals surface area contributed by atoms with Crippen molar-refractivity contribution in [3.05, 3.63) is 53.4 Å². The van der Waals surface area contributed by atoms with Gasteiger partial charge in [-0.25, -0.2) is 9.36 Å². The van der Waals surface area contributed by atoms with Crippen LogP contribution in [0.4, 0.5) is 5.69 Å². The first-order valence-electron chi connectivity index (χ1n) is 7.68. The van der Waals surface area contributed by atoms with Crippen LogP contribution in [0.2, 0.25) is 0 Å². The number of fused-ring (bicyclic) bond motifs is 1. The predicted octanol–water partition coefficient (Wildman–Crippen LogP) is 3.96. The van der Waals surface area contributed by atoms with Crippen LogP contribution in [-0.2, 0) is 19.5 Å². The molecule has 1 aromatic carbocycles. The van der Waals surface area contributed by atoms with Gasteiger partial charge in [-0.05, 0) is 42.6 Å². The van der Waals surface area contributed by atoms with E-state index in [1.807, 2.05) is 12.3 Å². The third-order valence-corrected chi connectivity index (χ3v) is 4.79. The van der Waals surface area contributed by atoms with Gasteiger partial charge in [-0.15, -0.1) is 0 Å². The molecule has 1 aliphatic heterocycles. The van der Waals surface area contributed by atoms with Gasteiger partial charge >= 0.3 is 0 Å². The monoisotopic (exact) mass is 310 g/mol. The van der Waals surface area contributed by atoms with Gasteiger partial charge < -0.3 is 9.88 Å². The average Bonchev–Trinajstić information content (AvgIpc) is 3.22. The first kappa shape index (κ1) is 13.5. The van der Waals surface area contributed by atoms with E-state index < -0.39 is 0 Å². The molecule has 112 valence electrons. The fraction of sp³-hybridized carbons (Fsp3) is 0.294. The van der Waals surface area contributed by atoms with Crippen LogP contribution >= 0.6 is 11.5 Å². The maximum Gasteiger partial charge on any atom is 0.109 e. The van der Waals surface area contributed by atoms with Crippen molar-refractivity contribution in [2.24, 2.45) is 0 Å². The Morgan fingerprint density at radius 3 is 2.82 bits per heavy atom. The zero-order valence-corrected chi connectivity index (χ0v) is 13.1. The summed E-state index contributed by atoms with van der Waals surface area (Å²) in [7, 11) is 0. The molecule has 4 nitrogen and oxygen atoms in total. The van der Waals surface area contributed by atoms with Crippen LogP contribution in [0.25, 0.3) is 11.3 Å². The number of hydrogen-bond donors (Lipinski definition) is 1. The molecular weight excluding hydrogens is 292 g/mol. The molecule has 4 rings (SSSR count). The number of anilines is 1. The molecule has 2 aromatic heterocycles. The molecule has 3 aromatic rings. The molecule has 0 saturated carbocycles. The summed E-state index contributed by atoms with van der Waals surface area (Å²) in [6, 6.07) is 10.6. The van der Waals surface area contributed by atoms with Crippen molar-refractivity contribution >= 4 is 17.2 Å². The van der Waals surface area contributed by atoms with Gasteiger partial charge in [0, 0.05) is 41.5 Å². The number of nitrogens with zero attached hydrogens (tertiary/aromatic N) is 3. The molecule has 0 saturated heterocycles. The van der Waals surface area contributed by atoms with E-state index in [9.17, 15) is 0 Å². The second-order valence-corrected chi connectivity index (χ2v) is 6.52. The Kier molecular flexibility index (Phi) is 3.64. The number of benzene rings is 1. The number of imidazole rings is 1. The van der Waals surface area contributed by atoms with Gasteiger partial charge in [-0.1, -0.05) is 12.1 Å². The standard InChI is InChI=1S/C17H18N4S/c1-2-10-21-12-16(20-17(21)3-1)13-4-6-14(7-5-13)18-11-15-8-9-19-22-15/h4-9,12,18H,1-3,10-11H2. The van der Waals surface area contributed by atoms with E-state index in [-0.39, 0.29) is 0 Å². The third kappa shape index (κ3) is 2.76. The van der Waals surface area contributed by atoms with Gasteiger partial charge in [-0.3, -0.25) is 0 Å². The molecule has 3 heterocycles. The van der Waals surface area contributed by atoms with E-state index in [1.165, 1.54) is 40.6 Å². The number of aryl methyl sites for hydroxylation is 2. The smallest absolute Gasteiger partial charge is 0.109 e. The number of nitrogens with one attached hydrogen (secondary N) is 1. The van der Waals surface area contributed by atoms with Crippen molar-refractivity contribution in [1.82, 2.24) is 13.9 Å². The lowest BCUT2D eigenvalue weighted by Crippen LogP contribution is -2.08. The zero-order valence-electron chi connectivity index (χ0n) is 12.3. The quantitative estimate of drug-likeness (QED) is 0.793. The van der Waals surface area contributed by atoms with Crippen molar-refractivity contribution < 1.29 is 0 Å². The molecule has 0 spiro atoms. The molecule has 0 unspecified atom stereocenters. The summed E-state index contributed by atoms with van der Waals surface area (Å²) in [5.41, 5.74) is 3.40. The SMILES string of the molecule is c1cc(CNc2ccc(-c3cn4c(n3)CCCC4)cc2)sn1. The molecule has 0 fully saturated rings. The summed E-state index contributed by atoms with van der Waals surface area (Å²) in [4.78, 5) is 6.01. The highest BCUT2D eigenvalue weighted by atomic mass is 32.1. The van der Waals surface area contributed by atoms with E-state index in [2.05, 4.69) is 44.7 Å². The topological polar surface area (TPSA) is 42.7 Å². The largest absolute Gasteiger partial charge is 0.380 e. The van der Waals surface area contributed by atoms with Crippen molar-refractivity contribution in [2.75, 3.05) is 5.32 Å². The first-order valence-corrected chi connectivity index (χ1v) is 8.46. The van der Waals surface area contributed by atoms with E-state index in [4.69, 9.17) is 4.98 Å². The van der Waals surface area contributed by atoms with Crippen molar-refractivity contribution in [2.45, 2.75) is 32.4 Å². The van der Waals surface area contributed by atoms with Crippen LogP contribution in [-0.4, -0.2) is 13.9 Å². The van der Waals surface area contributed by atoms with Crippen molar-refractivity contribution in [3.63, 3.8) is 0 Å². The van der Waals surface area contributed by atoms with E-state index in [0.29, 0.717) is 0 Å². The minimum absolute atomic E-state index is 0.822. The Bertz CT molecular complexity index is 720. The van der Waals surface area contributed by atoms with Crippen LogP contribution in [0.1, 0.15) is 23.5 Å². The van der Waals surface area contributed by atoms with E-state index in [0.717, 1.165) is 30.9 Å². The molecule has 0 radical (unpaired) electrons. The molecule has 0 aliphatic carbocycles. The van der Waals surface area contributed by atoms with Gasteiger partial charge in [0.2, 0.25) is 0 Å². The second kappa shape index (κ2) is 5.93. The molecule has 5 heteroatoms. The Balaban J connectivity index is 1.48. The number of rotatable bonds is 4. The zero-order chi connectivity index (χ0) is 14.8. The average molecular weight is 310 g/mol. The van der Waals surface area contributed by atoms with Gasteiger partial charge in [0.25, 0.3) is 0 Å². The van der Waals surface area contributed by atoms with Gasteiger partial charge in [0.1, 0.15) is 5.82 Å². The molecule has 22 heavy (non-hydrogen) atoms. The van der Waals surface area contributed by atoms with Crippen LogP contribution in [0, 0.1) is 0 Å². The molecule has 1 N–H and O–H groups in total. The van der Waals surface area contributed by atoms with Gasteiger partial charge in [0.15, 0.2) is 0 Å². The molecular formula is C17H18N4S. The van der Waals surface area contributed by atoms with E-state index in [1.54, 1.807) is 0 Å². The predicted molar refractivity (Wildman–Crippen MR) is 90.0 cm³/mol. The minimum Gasteiger partial charge on any atom is -0.380 e. The summed E-state index contributed by atoms with van der Waals surface area (Å²) in [6.07, 6.45) is 7.66.